The fourth-order valence-electron chi connectivity index (χ4n) is 3.85. The Kier molecular flexibility index (Phi) is 4.66. The van der Waals surface area contributed by atoms with Crippen LogP contribution in [0.25, 0.3) is 0 Å². The van der Waals surface area contributed by atoms with E-state index in [2.05, 4.69) is 0 Å². The lowest BCUT2D eigenvalue weighted by Crippen LogP contribution is -2.62. The molecule has 0 saturated carbocycles. The number of amides is 2. The van der Waals surface area contributed by atoms with Crippen molar-refractivity contribution in [1.29, 1.82) is 0 Å². The highest BCUT2D eigenvalue weighted by atomic mass is 19.1. The molecule has 0 bridgehead atoms. The SMILES string of the molecule is O=C(c1ccc(F)cc1)N1CCCC2(C1)CN(c1ccccc1)C(=O)CO2. The average Bonchev–Trinajstić information content (AvgIpc) is 2.71. The second kappa shape index (κ2) is 7.12. The van der Waals surface area contributed by atoms with Gasteiger partial charge >= 0.3 is 0 Å². The van der Waals surface area contributed by atoms with Crippen molar-refractivity contribution in [2.45, 2.75) is 18.4 Å². The molecule has 0 radical (unpaired) electrons. The van der Waals surface area contributed by atoms with Crippen LogP contribution in [0.5, 0.6) is 0 Å². The molecule has 140 valence electrons. The Bertz CT molecular complexity index is 840. The number of carbonyl (C=O) groups is 2. The zero-order valence-corrected chi connectivity index (χ0v) is 14.9. The van der Waals surface area contributed by atoms with E-state index >= 15 is 0 Å². The van der Waals surface area contributed by atoms with Gasteiger partial charge in [0.25, 0.3) is 11.8 Å². The molecular weight excluding hydrogens is 347 g/mol. The summed E-state index contributed by atoms with van der Waals surface area (Å²) in [6.07, 6.45) is 1.58. The van der Waals surface area contributed by atoms with Crippen molar-refractivity contribution < 1.29 is 18.7 Å². The number of carbonyl (C=O) groups excluding carboxylic acids is 2. The molecule has 4 rings (SSSR count). The largest absolute Gasteiger partial charge is 0.361 e. The second-order valence-corrected chi connectivity index (χ2v) is 7.12. The maximum atomic E-state index is 13.1. The van der Waals surface area contributed by atoms with E-state index in [-0.39, 0.29) is 24.2 Å². The number of morpholine rings is 1. The molecule has 2 aromatic rings. The van der Waals surface area contributed by atoms with Crippen molar-refractivity contribution >= 4 is 17.5 Å². The highest BCUT2D eigenvalue weighted by molar-refractivity contribution is 5.96. The van der Waals surface area contributed by atoms with Gasteiger partial charge in [-0.2, -0.15) is 0 Å². The Morgan fingerprint density at radius 2 is 1.78 bits per heavy atom. The number of para-hydroxylation sites is 1. The third kappa shape index (κ3) is 3.57. The van der Waals surface area contributed by atoms with Gasteiger partial charge < -0.3 is 14.5 Å². The molecule has 2 aromatic carbocycles. The number of hydrogen-bond acceptors (Lipinski definition) is 3. The zero-order chi connectivity index (χ0) is 18.9. The van der Waals surface area contributed by atoms with Crippen LogP contribution in [-0.4, -0.2) is 48.6 Å². The molecule has 0 aliphatic carbocycles. The molecule has 1 spiro atoms. The summed E-state index contributed by atoms with van der Waals surface area (Å²) in [5.74, 6) is -0.580. The van der Waals surface area contributed by atoms with Crippen LogP contribution in [0.1, 0.15) is 23.2 Å². The normalized spacial score (nSPS) is 22.9. The number of ether oxygens (including phenoxy) is 1. The van der Waals surface area contributed by atoms with Crippen molar-refractivity contribution in [2.75, 3.05) is 31.1 Å². The predicted octanol–water partition coefficient (Wildman–Crippen LogP) is 2.86. The standard InChI is InChI=1S/C21H21FN2O3/c22-17-9-7-16(8-10-17)20(26)23-12-4-11-21(14-23)15-24(19(25)13-27-21)18-5-2-1-3-6-18/h1-3,5-10H,4,11-15H2. The van der Waals surface area contributed by atoms with E-state index in [1.165, 1.54) is 24.3 Å². The van der Waals surface area contributed by atoms with Gasteiger partial charge in [0.15, 0.2) is 0 Å². The van der Waals surface area contributed by atoms with Crippen LogP contribution in [0.4, 0.5) is 10.1 Å². The number of benzene rings is 2. The Morgan fingerprint density at radius 3 is 2.52 bits per heavy atom. The van der Waals surface area contributed by atoms with E-state index in [0.717, 1.165) is 18.5 Å². The van der Waals surface area contributed by atoms with Crippen LogP contribution in [0.3, 0.4) is 0 Å². The number of likely N-dealkylation sites (tertiary alicyclic amines) is 1. The summed E-state index contributed by atoms with van der Waals surface area (Å²) in [7, 11) is 0. The second-order valence-electron chi connectivity index (χ2n) is 7.12. The van der Waals surface area contributed by atoms with Crippen molar-refractivity contribution in [1.82, 2.24) is 4.90 Å². The summed E-state index contributed by atoms with van der Waals surface area (Å²) in [5, 5.41) is 0. The Balaban J connectivity index is 1.53. The fraction of sp³-hybridized carbons (Fsp3) is 0.333. The summed E-state index contributed by atoms with van der Waals surface area (Å²) in [6.45, 7) is 1.47. The molecule has 5 nitrogen and oxygen atoms in total. The quantitative estimate of drug-likeness (QED) is 0.819. The first-order valence-corrected chi connectivity index (χ1v) is 9.11. The molecule has 0 N–H and O–H groups in total. The summed E-state index contributed by atoms with van der Waals surface area (Å²) < 4.78 is 19.1. The molecule has 2 amide bonds. The maximum Gasteiger partial charge on any atom is 0.253 e. The van der Waals surface area contributed by atoms with Crippen molar-refractivity contribution in [3.05, 3.63) is 66.0 Å². The molecule has 6 heteroatoms. The lowest BCUT2D eigenvalue weighted by Gasteiger charge is -2.47. The van der Waals surface area contributed by atoms with E-state index in [1.807, 2.05) is 30.3 Å². The Hall–Kier alpha value is -2.73. The predicted molar refractivity (Wildman–Crippen MR) is 99.0 cm³/mol. The Morgan fingerprint density at radius 1 is 1.04 bits per heavy atom. The summed E-state index contributed by atoms with van der Waals surface area (Å²) in [6, 6.07) is 15.1. The third-order valence-corrected chi connectivity index (χ3v) is 5.23. The Labute approximate surface area is 157 Å². The monoisotopic (exact) mass is 368 g/mol. The van der Waals surface area contributed by atoms with Gasteiger partial charge in [-0.25, -0.2) is 4.39 Å². The van der Waals surface area contributed by atoms with Gasteiger partial charge in [0.1, 0.15) is 18.0 Å². The van der Waals surface area contributed by atoms with Gasteiger partial charge in [0.05, 0.1) is 13.1 Å². The highest BCUT2D eigenvalue weighted by Crippen LogP contribution is 2.32. The van der Waals surface area contributed by atoms with Crippen LogP contribution in [0, 0.1) is 5.82 Å². The minimum atomic E-state index is -0.572. The number of halogens is 1. The number of anilines is 1. The maximum absolute atomic E-state index is 13.1. The van der Waals surface area contributed by atoms with Crippen molar-refractivity contribution in [2.24, 2.45) is 0 Å². The van der Waals surface area contributed by atoms with Crippen LogP contribution < -0.4 is 4.90 Å². The van der Waals surface area contributed by atoms with E-state index in [1.54, 1.807) is 9.80 Å². The van der Waals surface area contributed by atoms with Crippen LogP contribution in [-0.2, 0) is 9.53 Å². The van der Waals surface area contributed by atoms with Gasteiger partial charge in [0.2, 0.25) is 0 Å². The molecule has 1 unspecified atom stereocenters. The molecule has 2 aliphatic heterocycles. The number of hydrogen-bond donors (Lipinski definition) is 0. The van der Waals surface area contributed by atoms with E-state index < -0.39 is 5.60 Å². The van der Waals surface area contributed by atoms with Gasteiger partial charge in [-0.15, -0.1) is 0 Å². The van der Waals surface area contributed by atoms with Gasteiger partial charge in [0, 0.05) is 17.8 Å². The average molecular weight is 368 g/mol. The van der Waals surface area contributed by atoms with E-state index in [9.17, 15) is 14.0 Å². The van der Waals surface area contributed by atoms with E-state index in [0.29, 0.717) is 25.2 Å². The molecular formula is C21H21FN2O3. The third-order valence-electron chi connectivity index (χ3n) is 5.23. The number of nitrogens with zero attached hydrogens (tertiary/aromatic N) is 2. The first-order valence-electron chi connectivity index (χ1n) is 9.11. The van der Waals surface area contributed by atoms with Gasteiger partial charge in [-0.05, 0) is 49.2 Å². The summed E-state index contributed by atoms with van der Waals surface area (Å²) >= 11 is 0. The molecule has 2 saturated heterocycles. The van der Waals surface area contributed by atoms with Gasteiger partial charge in [-0.3, -0.25) is 9.59 Å². The molecule has 27 heavy (non-hydrogen) atoms. The summed E-state index contributed by atoms with van der Waals surface area (Å²) in [4.78, 5) is 28.7. The summed E-state index contributed by atoms with van der Waals surface area (Å²) in [5.41, 5.74) is 0.727. The van der Waals surface area contributed by atoms with Crippen molar-refractivity contribution in [3.8, 4) is 0 Å². The van der Waals surface area contributed by atoms with Crippen molar-refractivity contribution in [3.63, 3.8) is 0 Å². The minimum absolute atomic E-state index is 0.00741. The highest BCUT2D eigenvalue weighted by Gasteiger charge is 2.44. The first kappa shape index (κ1) is 17.7. The number of piperidine rings is 1. The molecule has 2 aliphatic rings. The molecule has 1 atom stereocenters. The fourth-order valence-corrected chi connectivity index (χ4v) is 3.85. The minimum Gasteiger partial charge on any atom is -0.361 e. The molecule has 0 aromatic heterocycles. The van der Waals surface area contributed by atoms with Crippen LogP contribution >= 0.6 is 0 Å². The van der Waals surface area contributed by atoms with Crippen LogP contribution in [0.15, 0.2) is 54.6 Å². The van der Waals surface area contributed by atoms with E-state index in [4.69, 9.17) is 4.74 Å². The first-order chi connectivity index (χ1) is 13.1. The zero-order valence-electron chi connectivity index (χ0n) is 14.9. The molecule has 2 heterocycles. The smallest absolute Gasteiger partial charge is 0.253 e. The topological polar surface area (TPSA) is 49.9 Å². The number of rotatable bonds is 2. The lowest BCUT2D eigenvalue weighted by atomic mass is 9.90. The lowest BCUT2D eigenvalue weighted by molar-refractivity contribution is -0.144. The van der Waals surface area contributed by atoms with Gasteiger partial charge in [-0.1, -0.05) is 18.2 Å². The molecule has 2 fully saturated rings. The van der Waals surface area contributed by atoms with Crippen LogP contribution in [0.2, 0.25) is 0 Å².